The summed E-state index contributed by atoms with van der Waals surface area (Å²) in [6.45, 7) is 3.99. The normalized spacial score (nSPS) is 13.7. The molecule has 180 valence electrons. The quantitative estimate of drug-likeness (QED) is 0.342. The lowest BCUT2D eigenvalue weighted by Gasteiger charge is -2.33. The van der Waals surface area contributed by atoms with Gasteiger partial charge in [-0.25, -0.2) is 9.97 Å². The number of anilines is 1. The number of aromatic amines is 1. The monoisotopic (exact) mass is 489 g/mol. The summed E-state index contributed by atoms with van der Waals surface area (Å²) in [6, 6.07) is 20.8. The number of rotatable bonds is 5. The molecule has 7 nitrogen and oxygen atoms in total. The van der Waals surface area contributed by atoms with Gasteiger partial charge in [0.15, 0.2) is 11.6 Å². The summed E-state index contributed by atoms with van der Waals surface area (Å²) in [4.78, 5) is 20.1. The molecule has 35 heavy (non-hydrogen) atoms. The van der Waals surface area contributed by atoms with Gasteiger partial charge in [-0.1, -0.05) is 42.8 Å². The average Bonchev–Trinajstić information content (AvgIpc) is 3.40. The van der Waals surface area contributed by atoms with Crippen molar-refractivity contribution in [3.63, 3.8) is 0 Å². The minimum Gasteiger partial charge on any atom is -0.483 e. The Hall–Kier alpha value is -3.71. The topological polar surface area (TPSA) is 95.0 Å². The van der Waals surface area contributed by atoms with E-state index < -0.39 is 0 Å². The Kier molecular flexibility index (Phi) is 8.11. The molecule has 0 radical (unpaired) electrons. The number of piperidine rings is 1. The number of hydrogen-bond donors (Lipinski definition) is 2. The van der Waals surface area contributed by atoms with E-state index in [2.05, 4.69) is 57.3 Å². The van der Waals surface area contributed by atoms with Crippen LogP contribution >= 0.6 is 11.6 Å². The fourth-order valence-corrected chi connectivity index (χ4v) is 4.43. The van der Waals surface area contributed by atoms with E-state index in [1.807, 2.05) is 36.5 Å². The van der Waals surface area contributed by atoms with Crippen LogP contribution < -0.4 is 4.90 Å². The fourth-order valence-electron chi connectivity index (χ4n) is 4.30. The number of aromatic nitrogens is 4. The summed E-state index contributed by atoms with van der Waals surface area (Å²) in [5.41, 5.74) is 4.72. The van der Waals surface area contributed by atoms with E-state index in [0.29, 0.717) is 16.8 Å². The van der Waals surface area contributed by atoms with Gasteiger partial charge < -0.3 is 10.0 Å². The van der Waals surface area contributed by atoms with Gasteiger partial charge >= 0.3 is 0 Å². The van der Waals surface area contributed by atoms with E-state index in [-0.39, 0.29) is 6.47 Å². The van der Waals surface area contributed by atoms with E-state index in [0.717, 1.165) is 55.1 Å². The van der Waals surface area contributed by atoms with Gasteiger partial charge in [-0.15, -0.1) is 0 Å². The first-order valence-electron chi connectivity index (χ1n) is 11.7. The number of pyridine rings is 1. The van der Waals surface area contributed by atoms with Crippen molar-refractivity contribution in [1.29, 1.82) is 0 Å². The fraction of sp³-hybridized carbons (Fsp3) is 0.259. The Morgan fingerprint density at radius 3 is 2.29 bits per heavy atom. The molecule has 1 aliphatic heterocycles. The van der Waals surface area contributed by atoms with Crippen LogP contribution in [-0.4, -0.2) is 44.8 Å². The molecule has 2 aromatic carbocycles. The second-order valence-electron chi connectivity index (χ2n) is 8.38. The zero-order valence-electron chi connectivity index (χ0n) is 19.6. The molecule has 5 rings (SSSR count). The molecule has 1 aliphatic rings. The van der Waals surface area contributed by atoms with Gasteiger partial charge in [-0.2, -0.15) is 5.10 Å². The summed E-state index contributed by atoms with van der Waals surface area (Å²) < 4.78 is 0. The molecular weight excluding hydrogens is 462 g/mol. The third kappa shape index (κ3) is 6.05. The predicted molar refractivity (Wildman–Crippen MR) is 139 cm³/mol. The lowest BCUT2D eigenvalue weighted by molar-refractivity contribution is -0.122. The van der Waals surface area contributed by atoms with E-state index in [1.54, 1.807) is 0 Å². The third-order valence-electron chi connectivity index (χ3n) is 6.29. The molecule has 1 saturated heterocycles. The highest BCUT2D eigenvalue weighted by Gasteiger charge is 2.21. The van der Waals surface area contributed by atoms with E-state index in [4.69, 9.17) is 26.5 Å². The number of nitrogens with one attached hydrogen (secondary N) is 1. The summed E-state index contributed by atoms with van der Waals surface area (Å²) in [7, 11) is 0. The smallest absolute Gasteiger partial charge is 0.290 e. The highest BCUT2D eigenvalue weighted by atomic mass is 35.5. The van der Waals surface area contributed by atoms with Gasteiger partial charge in [0.25, 0.3) is 6.47 Å². The second kappa shape index (κ2) is 11.6. The lowest BCUT2D eigenvalue weighted by Crippen LogP contribution is -2.33. The molecule has 0 atom stereocenters. The highest BCUT2D eigenvalue weighted by molar-refractivity contribution is 6.30. The van der Waals surface area contributed by atoms with Crippen LogP contribution in [0.2, 0.25) is 5.02 Å². The number of benzene rings is 2. The SMILES string of the molecule is CCc1ccc(C2CCN(c3ccc(-c4n[nH]c(-c5ccc(Cl)cc5)n4)cn3)CC2)cc1.O=CO. The van der Waals surface area contributed by atoms with Crippen LogP contribution in [0.3, 0.4) is 0 Å². The van der Waals surface area contributed by atoms with Crippen molar-refractivity contribution in [2.45, 2.75) is 32.1 Å². The lowest BCUT2D eigenvalue weighted by atomic mass is 9.89. The first kappa shape index (κ1) is 24.4. The first-order valence-corrected chi connectivity index (χ1v) is 12.1. The molecule has 0 bridgehead atoms. The van der Waals surface area contributed by atoms with Crippen LogP contribution in [0.5, 0.6) is 0 Å². The zero-order chi connectivity index (χ0) is 24.6. The summed E-state index contributed by atoms with van der Waals surface area (Å²) in [5, 5.41) is 15.0. The van der Waals surface area contributed by atoms with Crippen molar-refractivity contribution in [1.82, 2.24) is 20.2 Å². The van der Waals surface area contributed by atoms with Gasteiger partial charge in [0, 0.05) is 35.4 Å². The van der Waals surface area contributed by atoms with Gasteiger partial charge in [0.05, 0.1) is 0 Å². The number of aryl methyl sites for hydroxylation is 1. The molecule has 1 fully saturated rings. The summed E-state index contributed by atoms with van der Waals surface area (Å²) in [6.07, 6.45) is 5.26. The van der Waals surface area contributed by atoms with E-state index >= 15 is 0 Å². The maximum absolute atomic E-state index is 8.36. The molecule has 0 amide bonds. The van der Waals surface area contributed by atoms with Gasteiger partial charge in [0.1, 0.15) is 5.82 Å². The molecule has 0 unspecified atom stereocenters. The van der Waals surface area contributed by atoms with Crippen molar-refractivity contribution in [3.05, 3.63) is 83.0 Å². The molecule has 8 heteroatoms. The zero-order valence-corrected chi connectivity index (χ0v) is 20.3. The van der Waals surface area contributed by atoms with Crippen molar-refractivity contribution in [3.8, 4) is 22.8 Å². The number of halogens is 1. The third-order valence-corrected chi connectivity index (χ3v) is 6.54. The van der Waals surface area contributed by atoms with Crippen molar-refractivity contribution >= 4 is 23.9 Å². The predicted octanol–water partition coefficient (Wildman–Crippen LogP) is 5.83. The first-order chi connectivity index (χ1) is 17.1. The van der Waals surface area contributed by atoms with Gasteiger partial charge in [0.2, 0.25) is 0 Å². The van der Waals surface area contributed by atoms with Crippen LogP contribution in [0.15, 0.2) is 66.9 Å². The minimum atomic E-state index is -0.250. The van der Waals surface area contributed by atoms with Crippen molar-refractivity contribution < 1.29 is 9.90 Å². The largest absolute Gasteiger partial charge is 0.483 e. The van der Waals surface area contributed by atoms with E-state index in [1.165, 1.54) is 11.1 Å². The van der Waals surface area contributed by atoms with Crippen LogP contribution in [0, 0.1) is 0 Å². The molecule has 3 heterocycles. The molecule has 0 aliphatic carbocycles. The standard InChI is InChI=1S/C26H26ClN5.CH2O2/c1-2-18-3-5-19(6-4-18)20-13-15-32(16-14-20)24-12-9-22(17-28-24)26-29-25(30-31-26)21-7-10-23(27)11-8-21;2-1-3/h3-12,17,20H,2,13-16H2,1H3,(H,29,30,31);1H,(H,2,3). The molecule has 0 saturated carbocycles. The molecule has 0 spiro atoms. The highest BCUT2D eigenvalue weighted by Crippen LogP contribution is 2.30. The van der Waals surface area contributed by atoms with Crippen molar-refractivity contribution in [2.75, 3.05) is 18.0 Å². The summed E-state index contributed by atoms with van der Waals surface area (Å²) in [5.74, 6) is 3.01. The Bertz CT molecular complexity index is 1220. The van der Waals surface area contributed by atoms with E-state index in [9.17, 15) is 0 Å². The van der Waals surface area contributed by atoms with Gasteiger partial charge in [-0.3, -0.25) is 9.89 Å². The molecule has 2 N–H and O–H groups in total. The maximum atomic E-state index is 8.36. The van der Waals surface area contributed by atoms with Gasteiger partial charge in [-0.05, 0) is 72.7 Å². The van der Waals surface area contributed by atoms with Crippen LogP contribution in [0.4, 0.5) is 5.82 Å². The minimum absolute atomic E-state index is 0.250. The van der Waals surface area contributed by atoms with Crippen molar-refractivity contribution in [2.24, 2.45) is 0 Å². The Morgan fingerprint density at radius 2 is 1.69 bits per heavy atom. The van der Waals surface area contributed by atoms with Crippen LogP contribution in [0.25, 0.3) is 22.8 Å². The second-order valence-corrected chi connectivity index (χ2v) is 8.82. The average molecular weight is 490 g/mol. The number of carbonyl (C=O) groups is 1. The van der Waals surface area contributed by atoms with Crippen LogP contribution in [-0.2, 0) is 11.2 Å². The number of hydrogen-bond acceptors (Lipinski definition) is 5. The molecule has 4 aromatic rings. The number of nitrogens with zero attached hydrogens (tertiary/aromatic N) is 4. The maximum Gasteiger partial charge on any atom is 0.290 e. The number of carboxylic acid groups (broad SMARTS) is 1. The Labute approximate surface area is 209 Å². The molecule has 2 aromatic heterocycles. The van der Waals surface area contributed by atoms with Crippen LogP contribution in [0.1, 0.15) is 36.8 Å². The Morgan fingerprint density at radius 1 is 1.03 bits per heavy atom. The summed E-state index contributed by atoms with van der Waals surface area (Å²) >= 11 is 5.97. The number of H-pyrrole nitrogens is 1. The Balaban J connectivity index is 0.000000917. The molecular formula is C27H28ClN5O2.